The van der Waals surface area contributed by atoms with Gasteiger partial charge in [0.2, 0.25) is 4.87 Å². The highest BCUT2D eigenvalue weighted by molar-refractivity contribution is 6.46. The van der Waals surface area contributed by atoms with E-state index in [1.807, 2.05) is 30.3 Å². The van der Waals surface area contributed by atoms with Crippen LogP contribution in [0.5, 0.6) is 0 Å². The fraction of sp³-hybridized carbons (Fsp3) is 0.556. The molecule has 1 aromatic carbocycles. The number of nitrogens with zero attached hydrogens (tertiary/aromatic N) is 1. The van der Waals surface area contributed by atoms with Crippen molar-refractivity contribution in [2.24, 2.45) is 5.92 Å². The molecule has 1 heterocycles. The third-order valence-corrected chi connectivity index (χ3v) is 6.15. The zero-order valence-corrected chi connectivity index (χ0v) is 15.1. The van der Waals surface area contributed by atoms with Crippen LogP contribution in [0.15, 0.2) is 30.3 Å². The molecule has 1 aromatic rings. The summed E-state index contributed by atoms with van der Waals surface area (Å²) in [7, 11) is 0. The summed E-state index contributed by atoms with van der Waals surface area (Å²) in [5.41, 5.74) is 1.01. The highest BCUT2D eigenvalue weighted by atomic mass is 35.5. The van der Waals surface area contributed by atoms with E-state index in [0.29, 0.717) is 13.0 Å². The molecular weight excluding hydrogens is 349 g/mol. The van der Waals surface area contributed by atoms with Gasteiger partial charge in [-0.25, -0.2) is 4.79 Å². The molecule has 0 radical (unpaired) electrons. The summed E-state index contributed by atoms with van der Waals surface area (Å²) in [6, 6.07) is 9.79. The van der Waals surface area contributed by atoms with Crippen molar-refractivity contribution < 1.29 is 14.3 Å². The van der Waals surface area contributed by atoms with Gasteiger partial charge in [-0.3, -0.25) is 4.79 Å². The van der Waals surface area contributed by atoms with E-state index in [-0.39, 0.29) is 23.9 Å². The minimum absolute atomic E-state index is 0.0685. The van der Waals surface area contributed by atoms with Crippen LogP contribution in [-0.2, 0) is 20.9 Å². The van der Waals surface area contributed by atoms with Gasteiger partial charge < -0.3 is 9.64 Å². The number of carbonyl (C=O) groups excluding carboxylic acids is 2. The van der Waals surface area contributed by atoms with E-state index in [2.05, 4.69) is 0 Å². The summed E-state index contributed by atoms with van der Waals surface area (Å²) >= 11 is 13.0. The van der Waals surface area contributed by atoms with Crippen LogP contribution in [0.4, 0.5) is 0 Å². The van der Waals surface area contributed by atoms with Crippen LogP contribution in [0.25, 0.3) is 0 Å². The highest BCUT2D eigenvalue weighted by Crippen LogP contribution is 2.47. The summed E-state index contributed by atoms with van der Waals surface area (Å²) < 4.78 is 5.12. The molecule has 130 valence electrons. The quantitative estimate of drug-likeness (QED) is 0.464. The number of carbonyl (C=O) groups is 2. The molecule has 4 atom stereocenters. The molecule has 0 unspecified atom stereocenters. The van der Waals surface area contributed by atoms with E-state index in [0.717, 1.165) is 18.4 Å². The van der Waals surface area contributed by atoms with E-state index in [1.54, 1.807) is 11.8 Å². The van der Waals surface area contributed by atoms with Gasteiger partial charge in [0, 0.05) is 23.9 Å². The highest BCUT2D eigenvalue weighted by Gasteiger charge is 2.61. The van der Waals surface area contributed by atoms with Crippen LogP contribution < -0.4 is 0 Å². The van der Waals surface area contributed by atoms with Gasteiger partial charge in [0.1, 0.15) is 0 Å². The molecule has 3 rings (SSSR count). The van der Waals surface area contributed by atoms with Crippen LogP contribution in [-0.4, -0.2) is 39.7 Å². The molecule has 1 saturated heterocycles. The minimum atomic E-state index is -1.71. The van der Waals surface area contributed by atoms with Crippen molar-refractivity contribution >= 4 is 35.1 Å². The molecule has 0 N–H and O–H groups in total. The third-order valence-electron chi connectivity index (χ3n) is 5.03. The molecule has 24 heavy (non-hydrogen) atoms. The number of likely N-dealkylation sites (tertiary alicyclic amines) is 1. The van der Waals surface area contributed by atoms with Crippen molar-refractivity contribution in [1.29, 1.82) is 0 Å². The molecule has 1 aliphatic carbocycles. The van der Waals surface area contributed by atoms with Crippen LogP contribution in [0.3, 0.4) is 0 Å². The molecule has 0 spiro atoms. The largest absolute Gasteiger partial charge is 0.464 e. The van der Waals surface area contributed by atoms with Gasteiger partial charge in [0.05, 0.1) is 6.61 Å². The van der Waals surface area contributed by atoms with Gasteiger partial charge in [-0.05, 0) is 31.7 Å². The molecule has 4 nitrogen and oxygen atoms in total. The minimum Gasteiger partial charge on any atom is -0.464 e. The summed E-state index contributed by atoms with van der Waals surface area (Å²) in [5, 5.41) is -0.286. The Kier molecular flexibility index (Phi) is 5.07. The Morgan fingerprint density at radius 1 is 1.33 bits per heavy atom. The first-order valence-corrected chi connectivity index (χ1v) is 9.15. The van der Waals surface area contributed by atoms with Gasteiger partial charge in [0.15, 0.2) is 0 Å². The van der Waals surface area contributed by atoms with E-state index < -0.39 is 16.8 Å². The molecule has 1 amide bonds. The molecule has 0 aromatic heterocycles. The van der Waals surface area contributed by atoms with Crippen LogP contribution >= 0.6 is 23.2 Å². The van der Waals surface area contributed by atoms with Crippen molar-refractivity contribution in [2.75, 3.05) is 6.61 Å². The Balaban J connectivity index is 1.93. The number of esters is 1. The summed E-state index contributed by atoms with van der Waals surface area (Å²) in [5.74, 6) is -1.44. The summed E-state index contributed by atoms with van der Waals surface area (Å²) in [6.45, 7) is 2.33. The number of benzene rings is 1. The van der Waals surface area contributed by atoms with E-state index in [4.69, 9.17) is 27.9 Å². The molecule has 1 saturated carbocycles. The predicted molar refractivity (Wildman–Crippen MR) is 93.0 cm³/mol. The maximum absolute atomic E-state index is 13.2. The van der Waals surface area contributed by atoms with Crippen LogP contribution in [0.2, 0.25) is 0 Å². The average molecular weight is 370 g/mol. The van der Waals surface area contributed by atoms with Crippen molar-refractivity contribution in [3.8, 4) is 0 Å². The number of ether oxygens (including phenoxy) is 1. The Labute approximate surface area is 152 Å². The van der Waals surface area contributed by atoms with Gasteiger partial charge >= 0.3 is 5.97 Å². The maximum atomic E-state index is 13.2. The number of piperidine rings is 1. The predicted octanol–water partition coefficient (Wildman–Crippen LogP) is 3.35. The Bertz CT molecular complexity index is 624. The number of rotatable bonds is 4. The van der Waals surface area contributed by atoms with Crippen LogP contribution in [0, 0.1) is 5.92 Å². The number of alkyl halides is 2. The number of fused-ring (bicyclic) bond motifs is 2. The smallest absolute Gasteiger partial charge is 0.337 e. The van der Waals surface area contributed by atoms with E-state index in [1.165, 1.54) is 0 Å². The van der Waals surface area contributed by atoms with Crippen molar-refractivity contribution in [1.82, 2.24) is 4.90 Å². The standard InChI is InChI=1S/C18H21Cl2NO3/c1-2-24-17(23)18(20)14-10-13(8-9-15(14)19)21(16(18)22)11-12-6-4-3-5-7-12/h3-7,13-15H,2,8-11H2,1H3/t13-,14-,15-,18+/m1/s1. The van der Waals surface area contributed by atoms with Gasteiger partial charge in [0.25, 0.3) is 5.91 Å². The fourth-order valence-corrected chi connectivity index (χ4v) is 4.68. The topological polar surface area (TPSA) is 46.6 Å². The average Bonchev–Trinajstić information content (AvgIpc) is 2.59. The van der Waals surface area contributed by atoms with Crippen LogP contribution in [0.1, 0.15) is 31.7 Å². The van der Waals surface area contributed by atoms with E-state index in [9.17, 15) is 9.59 Å². The lowest BCUT2D eigenvalue weighted by molar-refractivity contribution is -0.162. The second-order valence-corrected chi connectivity index (χ2v) is 7.60. The van der Waals surface area contributed by atoms with Gasteiger partial charge in [-0.15, -0.1) is 11.6 Å². The Morgan fingerprint density at radius 2 is 2.04 bits per heavy atom. The maximum Gasteiger partial charge on any atom is 0.337 e. The Hall–Kier alpha value is -1.26. The normalized spacial score (nSPS) is 32.5. The SMILES string of the molecule is CCOC(=O)[C@@]1(Cl)C(=O)N(Cc2ccccc2)[C@@H]2CC[C@@H](Cl)[C@H]1C2. The van der Waals surface area contributed by atoms with Crippen molar-refractivity contribution in [3.63, 3.8) is 0 Å². The molecule has 1 aliphatic heterocycles. The number of amides is 1. The second kappa shape index (κ2) is 6.93. The second-order valence-electron chi connectivity index (χ2n) is 6.44. The molecule has 2 bridgehead atoms. The first kappa shape index (κ1) is 17.6. The lowest BCUT2D eigenvalue weighted by Gasteiger charge is -2.51. The zero-order valence-electron chi connectivity index (χ0n) is 13.6. The Morgan fingerprint density at radius 3 is 2.71 bits per heavy atom. The monoisotopic (exact) mass is 369 g/mol. The number of hydrogen-bond donors (Lipinski definition) is 0. The van der Waals surface area contributed by atoms with Gasteiger partial charge in [-0.1, -0.05) is 41.9 Å². The molecule has 6 heteroatoms. The molecule has 2 aliphatic rings. The summed E-state index contributed by atoms with van der Waals surface area (Å²) in [4.78, 5) is 25.7. The van der Waals surface area contributed by atoms with Crippen molar-refractivity contribution in [3.05, 3.63) is 35.9 Å². The zero-order chi connectivity index (χ0) is 17.3. The first-order valence-electron chi connectivity index (χ1n) is 8.33. The van der Waals surface area contributed by atoms with E-state index >= 15 is 0 Å². The van der Waals surface area contributed by atoms with Gasteiger partial charge in [-0.2, -0.15) is 0 Å². The van der Waals surface area contributed by atoms with Crippen molar-refractivity contribution in [2.45, 2.75) is 49.0 Å². The first-order chi connectivity index (χ1) is 11.5. The lowest BCUT2D eigenvalue weighted by Crippen LogP contribution is -2.66. The third kappa shape index (κ3) is 2.91. The molecule has 2 fully saturated rings. The number of halogens is 2. The number of hydrogen-bond acceptors (Lipinski definition) is 3. The molecular formula is C18H21Cl2NO3. The summed E-state index contributed by atoms with van der Waals surface area (Å²) in [6.07, 6.45) is 2.21. The fourth-order valence-electron chi connectivity index (χ4n) is 3.80. The lowest BCUT2D eigenvalue weighted by atomic mass is 9.72.